The highest BCUT2D eigenvalue weighted by Gasteiger charge is 2.38. The molecule has 3 N–H and O–H groups in total. The highest BCUT2D eigenvalue weighted by Crippen LogP contribution is 2.40. The number of piperidine rings is 1. The molecule has 1 atom stereocenters. The summed E-state index contributed by atoms with van der Waals surface area (Å²) in [5.74, 6) is 0.0392. The Bertz CT molecular complexity index is 1190. The van der Waals surface area contributed by atoms with Crippen LogP contribution in [-0.2, 0) is 5.54 Å². The summed E-state index contributed by atoms with van der Waals surface area (Å²) >= 11 is 0. The number of carbonyl (C=O) groups is 1. The maximum atomic E-state index is 13.7. The first-order chi connectivity index (χ1) is 17.5. The zero-order valence-electron chi connectivity index (χ0n) is 20.9. The van der Waals surface area contributed by atoms with Crippen LogP contribution in [0.15, 0.2) is 66.5 Å². The largest absolute Gasteiger partial charge is 0.342 e. The van der Waals surface area contributed by atoms with Gasteiger partial charge in [-0.1, -0.05) is 61.2 Å². The van der Waals surface area contributed by atoms with Crippen molar-refractivity contribution < 1.29 is 9.18 Å². The summed E-state index contributed by atoms with van der Waals surface area (Å²) in [6.07, 6.45) is 11.0. The highest BCUT2D eigenvalue weighted by atomic mass is 19.1. The molecular formula is C30H35FN4O. The van der Waals surface area contributed by atoms with Gasteiger partial charge in [0.2, 0.25) is 0 Å². The molecule has 0 bridgehead atoms. The van der Waals surface area contributed by atoms with Gasteiger partial charge < -0.3 is 10.6 Å². The average molecular weight is 487 g/mol. The molecule has 2 aromatic carbocycles. The number of rotatable bonds is 6. The van der Waals surface area contributed by atoms with Crippen LogP contribution < -0.4 is 10.6 Å². The zero-order valence-corrected chi connectivity index (χ0v) is 20.9. The SMILES string of the molecule is C[C@](NC(=O)c1cn[nH]c1)(c1ccc(C(=C2CCNCC2)c2ccc(F)cc2)cc1)C1CCCCC1. The lowest BCUT2D eigenvalue weighted by molar-refractivity contribution is 0.0835. The number of aromatic nitrogens is 2. The summed E-state index contributed by atoms with van der Waals surface area (Å²) in [4.78, 5) is 13.1. The lowest BCUT2D eigenvalue weighted by atomic mass is 9.71. The third-order valence-corrected chi connectivity index (χ3v) is 8.02. The second kappa shape index (κ2) is 10.8. The Hall–Kier alpha value is -3.25. The van der Waals surface area contributed by atoms with Crippen LogP contribution in [0.5, 0.6) is 0 Å². The van der Waals surface area contributed by atoms with E-state index in [1.165, 1.54) is 42.5 Å². The number of H-pyrrole nitrogens is 1. The molecule has 1 saturated carbocycles. The van der Waals surface area contributed by atoms with Crippen LogP contribution in [0.1, 0.15) is 78.9 Å². The lowest BCUT2D eigenvalue weighted by Gasteiger charge is -2.41. The molecule has 188 valence electrons. The minimum Gasteiger partial charge on any atom is -0.342 e. The molecule has 1 aliphatic carbocycles. The molecule has 1 amide bonds. The van der Waals surface area contributed by atoms with E-state index in [1.807, 2.05) is 12.1 Å². The Kier molecular flexibility index (Phi) is 7.33. The van der Waals surface area contributed by atoms with Crippen LogP contribution in [-0.4, -0.2) is 29.2 Å². The van der Waals surface area contributed by atoms with E-state index in [0.29, 0.717) is 11.5 Å². The quantitative estimate of drug-likeness (QED) is 0.403. The van der Waals surface area contributed by atoms with Gasteiger partial charge in [0.05, 0.1) is 17.3 Å². The van der Waals surface area contributed by atoms with Gasteiger partial charge in [-0.05, 0) is 86.0 Å². The summed E-state index contributed by atoms with van der Waals surface area (Å²) in [5.41, 5.74) is 5.96. The van der Waals surface area contributed by atoms with Crippen molar-refractivity contribution in [2.24, 2.45) is 5.92 Å². The number of hydrogen-bond acceptors (Lipinski definition) is 3. The third-order valence-electron chi connectivity index (χ3n) is 8.02. The first kappa shape index (κ1) is 24.4. The minimum absolute atomic E-state index is 0.107. The molecule has 0 unspecified atom stereocenters. The number of aromatic amines is 1. The van der Waals surface area contributed by atoms with Gasteiger partial charge in [-0.3, -0.25) is 9.89 Å². The summed E-state index contributed by atoms with van der Waals surface area (Å²) in [7, 11) is 0. The third kappa shape index (κ3) is 5.14. The summed E-state index contributed by atoms with van der Waals surface area (Å²) in [5, 5.41) is 13.5. The van der Waals surface area contributed by atoms with Crippen molar-refractivity contribution >= 4 is 11.5 Å². The first-order valence-electron chi connectivity index (χ1n) is 13.2. The van der Waals surface area contributed by atoms with Crippen molar-refractivity contribution in [3.05, 3.63) is 94.6 Å². The predicted octanol–water partition coefficient (Wildman–Crippen LogP) is 5.96. The van der Waals surface area contributed by atoms with E-state index in [1.54, 1.807) is 12.4 Å². The fourth-order valence-corrected chi connectivity index (χ4v) is 5.93. The van der Waals surface area contributed by atoms with Crippen LogP contribution in [0.4, 0.5) is 4.39 Å². The Morgan fingerprint density at radius 2 is 1.58 bits per heavy atom. The van der Waals surface area contributed by atoms with Crippen molar-refractivity contribution in [1.82, 2.24) is 20.8 Å². The number of nitrogens with zero attached hydrogens (tertiary/aromatic N) is 1. The maximum absolute atomic E-state index is 13.7. The van der Waals surface area contributed by atoms with E-state index in [4.69, 9.17) is 0 Å². The molecule has 6 heteroatoms. The second-order valence-corrected chi connectivity index (χ2v) is 10.3. The van der Waals surface area contributed by atoms with Crippen molar-refractivity contribution in [2.75, 3.05) is 13.1 Å². The van der Waals surface area contributed by atoms with Gasteiger partial charge in [0, 0.05) is 6.20 Å². The molecule has 2 aliphatic rings. The van der Waals surface area contributed by atoms with Crippen molar-refractivity contribution in [2.45, 2.75) is 57.4 Å². The van der Waals surface area contributed by atoms with Gasteiger partial charge in [0.25, 0.3) is 5.91 Å². The number of amides is 1. The van der Waals surface area contributed by atoms with E-state index < -0.39 is 5.54 Å². The molecule has 0 spiro atoms. The first-order valence-corrected chi connectivity index (χ1v) is 13.2. The fraction of sp³-hybridized carbons (Fsp3) is 0.400. The average Bonchev–Trinajstić information content (AvgIpc) is 3.47. The Balaban J connectivity index is 1.51. The number of benzene rings is 2. The van der Waals surface area contributed by atoms with Gasteiger partial charge in [-0.2, -0.15) is 5.10 Å². The molecule has 36 heavy (non-hydrogen) atoms. The minimum atomic E-state index is -0.481. The maximum Gasteiger partial charge on any atom is 0.255 e. The van der Waals surface area contributed by atoms with Crippen LogP contribution in [0, 0.1) is 11.7 Å². The number of carbonyl (C=O) groups excluding carboxylic acids is 1. The number of hydrogen-bond donors (Lipinski definition) is 3. The van der Waals surface area contributed by atoms with Crippen LogP contribution >= 0.6 is 0 Å². The lowest BCUT2D eigenvalue weighted by Crippen LogP contribution is -2.49. The molecule has 2 heterocycles. The second-order valence-electron chi connectivity index (χ2n) is 10.3. The molecule has 5 nitrogen and oxygen atoms in total. The molecule has 1 saturated heterocycles. The van der Waals surface area contributed by atoms with Crippen LogP contribution in [0.25, 0.3) is 5.57 Å². The Morgan fingerprint density at radius 3 is 2.19 bits per heavy atom. The van der Waals surface area contributed by atoms with Crippen LogP contribution in [0.3, 0.4) is 0 Å². The van der Waals surface area contributed by atoms with Gasteiger partial charge in [-0.25, -0.2) is 4.39 Å². The van der Waals surface area contributed by atoms with Gasteiger partial charge in [-0.15, -0.1) is 0 Å². The fourth-order valence-electron chi connectivity index (χ4n) is 5.93. The van der Waals surface area contributed by atoms with Gasteiger partial charge in [0.15, 0.2) is 0 Å². The van der Waals surface area contributed by atoms with Crippen molar-refractivity contribution in [1.29, 1.82) is 0 Å². The van der Waals surface area contributed by atoms with Crippen LogP contribution in [0.2, 0.25) is 0 Å². The Morgan fingerprint density at radius 1 is 0.944 bits per heavy atom. The summed E-state index contributed by atoms with van der Waals surface area (Å²) in [6.45, 7) is 4.08. The van der Waals surface area contributed by atoms with Gasteiger partial charge >= 0.3 is 0 Å². The molecule has 1 aliphatic heterocycles. The van der Waals surface area contributed by atoms with E-state index in [-0.39, 0.29) is 11.7 Å². The summed E-state index contributed by atoms with van der Waals surface area (Å²) in [6, 6.07) is 15.5. The van der Waals surface area contributed by atoms with E-state index in [0.717, 1.165) is 55.5 Å². The van der Waals surface area contributed by atoms with Crippen molar-refractivity contribution in [3.63, 3.8) is 0 Å². The number of nitrogens with one attached hydrogen (secondary N) is 3. The number of halogens is 1. The standard InChI is InChI=1S/C30H35FN4O/c1-30(25-5-3-2-4-6-25,35-29(36)24-19-33-34-20-24)26-11-7-21(8-12-26)28(23-15-17-32-18-16-23)22-9-13-27(31)14-10-22/h7-14,19-20,25,32H,2-6,15-18H2,1H3,(H,33,34)(H,35,36)/t30-/m1/s1. The topological polar surface area (TPSA) is 69.8 Å². The molecule has 0 radical (unpaired) electrons. The highest BCUT2D eigenvalue weighted by molar-refractivity contribution is 5.94. The monoisotopic (exact) mass is 486 g/mol. The molecule has 2 fully saturated rings. The Labute approximate surface area is 212 Å². The normalized spacial score (nSPS) is 18.4. The molecular weight excluding hydrogens is 451 g/mol. The molecule has 5 rings (SSSR count). The zero-order chi connectivity index (χ0) is 25.0. The van der Waals surface area contributed by atoms with Gasteiger partial charge in [0.1, 0.15) is 5.82 Å². The van der Waals surface area contributed by atoms with E-state index >= 15 is 0 Å². The summed E-state index contributed by atoms with van der Waals surface area (Å²) < 4.78 is 13.7. The smallest absolute Gasteiger partial charge is 0.255 e. The molecule has 1 aromatic heterocycles. The van der Waals surface area contributed by atoms with Crippen molar-refractivity contribution in [3.8, 4) is 0 Å². The van der Waals surface area contributed by atoms with E-state index in [2.05, 4.69) is 52.0 Å². The molecule has 3 aromatic rings. The van der Waals surface area contributed by atoms with E-state index in [9.17, 15) is 9.18 Å². The predicted molar refractivity (Wildman–Crippen MR) is 141 cm³/mol.